The van der Waals surface area contributed by atoms with E-state index in [1.54, 1.807) is 29.7 Å². The molecule has 1 spiro atoms. The van der Waals surface area contributed by atoms with Gasteiger partial charge >= 0.3 is 12.1 Å². The molecule has 42 heavy (non-hydrogen) atoms. The maximum atomic E-state index is 13.0. The minimum absolute atomic E-state index is 0.0672. The number of benzene rings is 2. The van der Waals surface area contributed by atoms with Crippen molar-refractivity contribution >= 4 is 52.2 Å². The minimum atomic E-state index is -5.08. The number of amides is 2. The summed E-state index contributed by atoms with van der Waals surface area (Å²) in [7, 11) is 0. The third kappa shape index (κ3) is 7.66. The highest BCUT2D eigenvalue weighted by atomic mass is 32.2. The van der Waals surface area contributed by atoms with Gasteiger partial charge in [-0.25, -0.2) is 10.3 Å². The van der Waals surface area contributed by atoms with Crippen LogP contribution in [0, 0.1) is 12.8 Å². The van der Waals surface area contributed by atoms with Crippen LogP contribution in [0.25, 0.3) is 10.9 Å². The number of nitrogens with zero attached hydrogens (tertiary/aromatic N) is 1. The average Bonchev–Trinajstić information content (AvgIpc) is 3.57. The van der Waals surface area contributed by atoms with Gasteiger partial charge in [-0.15, -0.1) is 23.5 Å². The van der Waals surface area contributed by atoms with Crippen LogP contribution in [0.5, 0.6) is 5.75 Å². The fourth-order valence-electron chi connectivity index (χ4n) is 4.91. The zero-order valence-corrected chi connectivity index (χ0v) is 23.9. The predicted molar refractivity (Wildman–Crippen MR) is 152 cm³/mol. The van der Waals surface area contributed by atoms with Gasteiger partial charge in [0.05, 0.1) is 15.5 Å². The lowest BCUT2D eigenvalue weighted by atomic mass is 10.0. The van der Waals surface area contributed by atoms with E-state index in [0.29, 0.717) is 30.8 Å². The Labute approximate surface area is 247 Å². The largest absolute Gasteiger partial charge is 0.490 e. The first kappa shape index (κ1) is 31.4. The second-order valence-corrected chi connectivity index (χ2v) is 12.9. The molecule has 1 saturated heterocycles. The second kappa shape index (κ2) is 13.2. The third-order valence-corrected chi connectivity index (χ3v) is 10.3. The van der Waals surface area contributed by atoms with Gasteiger partial charge in [0.25, 0.3) is 5.91 Å². The lowest BCUT2D eigenvalue weighted by Crippen LogP contribution is -2.43. The number of carbonyl (C=O) groups excluding carboxylic acids is 2. The van der Waals surface area contributed by atoms with Crippen molar-refractivity contribution in [3.63, 3.8) is 0 Å². The lowest BCUT2D eigenvalue weighted by molar-refractivity contribution is -0.192. The predicted octanol–water partition coefficient (Wildman–Crippen LogP) is 4.95. The third-order valence-electron chi connectivity index (χ3n) is 6.81. The molecule has 4 N–H and O–H groups in total. The standard InChI is InChI=1S/C26H27N3O4S2.C2HF3O2/c1-16-12-18(20-4-2-3-5-22(20)27-16)15-33-19-8-6-17(7-9-19)24(30)28-23-14-26(34-10-11-35-26)13-21(23)25(31)29-32;3-2(4,5)1(6)7/h2-9,12,21,23,32H,10-11,13-15H2,1H3,(H,28,30)(H,29,31);(H,6,7)/t21-,23+;/m0./s1. The number of carboxylic acids is 1. The van der Waals surface area contributed by atoms with Crippen LogP contribution in [0.15, 0.2) is 54.6 Å². The van der Waals surface area contributed by atoms with E-state index in [1.807, 2.05) is 60.8 Å². The molecule has 3 aromatic rings. The number of aliphatic carboxylic acids is 1. The molecule has 0 unspecified atom stereocenters. The molecule has 1 saturated carbocycles. The van der Waals surface area contributed by atoms with Crippen LogP contribution in [0.3, 0.4) is 0 Å². The Morgan fingerprint density at radius 3 is 2.33 bits per heavy atom. The highest BCUT2D eigenvalue weighted by Crippen LogP contribution is 2.56. The van der Waals surface area contributed by atoms with Crippen LogP contribution in [0.2, 0.25) is 0 Å². The molecular weight excluding hydrogens is 595 g/mol. The quantitative estimate of drug-likeness (QED) is 0.222. The molecule has 1 aromatic heterocycles. The van der Waals surface area contributed by atoms with Gasteiger partial charge in [-0.05, 0) is 56.2 Å². The van der Waals surface area contributed by atoms with Crippen molar-refractivity contribution in [2.24, 2.45) is 5.92 Å². The molecule has 2 amide bonds. The molecule has 224 valence electrons. The van der Waals surface area contributed by atoms with Crippen molar-refractivity contribution in [2.75, 3.05) is 11.5 Å². The maximum absolute atomic E-state index is 13.0. The van der Waals surface area contributed by atoms with E-state index >= 15 is 0 Å². The van der Waals surface area contributed by atoms with E-state index in [9.17, 15) is 28.0 Å². The SMILES string of the molecule is Cc1cc(COc2ccc(C(=O)N[C@@H]3CC4(C[C@@H]3C(=O)NO)SCCS4)cc2)c2ccccc2n1.O=C(O)C(F)(F)F. The number of hydrogen-bond acceptors (Lipinski definition) is 8. The Balaban J connectivity index is 0.000000517. The van der Waals surface area contributed by atoms with Crippen LogP contribution in [0.1, 0.15) is 34.5 Å². The molecule has 1 aliphatic heterocycles. The summed E-state index contributed by atoms with van der Waals surface area (Å²) in [5.41, 5.74) is 5.21. The van der Waals surface area contributed by atoms with E-state index in [0.717, 1.165) is 33.7 Å². The summed E-state index contributed by atoms with van der Waals surface area (Å²) in [6.07, 6.45) is -3.75. The lowest BCUT2D eigenvalue weighted by Gasteiger charge is -2.21. The van der Waals surface area contributed by atoms with Crippen molar-refractivity contribution in [1.82, 2.24) is 15.8 Å². The van der Waals surface area contributed by atoms with Crippen molar-refractivity contribution in [3.05, 3.63) is 71.4 Å². The Morgan fingerprint density at radius 2 is 1.71 bits per heavy atom. The number of carbonyl (C=O) groups is 3. The van der Waals surface area contributed by atoms with E-state index in [-0.39, 0.29) is 16.0 Å². The highest BCUT2D eigenvalue weighted by Gasteiger charge is 2.51. The van der Waals surface area contributed by atoms with Crippen LogP contribution in [-0.4, -0.2) is 60.9 Å². The number of para-hydroxylation sites is 1. The summed E-state index contributed by atoms with van der Waals surface area (Å²) in [5.74, 6) is -1.16. The number of fused-ring (bicyclic) bond motifs is 1. The molecular formula is C28H28F3N3O6S2. The zero-order valence-electron chi connectivity index (χ0n) is 22.3. The Bertz CT molecular complexity index is 1450. The van der Waals surface area contributed by atoms with E-state index < -0.39 is 24.0 Å². The minimum Gasteiger partial charge on any atom is -0.489 e. The van der Waals surface area contributed by atoms with Crippen LogP contribution in [0.4, 0.5) is 13.2 Å². The fourth-order valence-corrected chi connectivity index (χ4v) is 8.34. The number of halogens is 3. The second-order valence-electron chi connectivity index (χ2n) is 9.73. The molecule has 5 rings (SSSR count). The first-order chi connectivity index (χ1) is 19.9. The van der Waals surface area contributed by atoms with Gasteiger partial charge in [0.15, 0.2) is 0 Å². The van der Waals surface area contributed by atoms with E-state index in [1.165, 1.54) is 0 Å². The van der Waals surface area contributed by atoms with Gasteiger partial charge in [-0.3, -0.25) is 19.8 Å². The van der Waals surface area contributed by atoms with Gasteiger partial charge in [0, 0.05) is 39.8 Å². The van der Waals surface area contributed by atoms with Crippen LogP contribution >= 0.6 is 23.5 Å². The summed E-state index contributed by atoms with van der Waals surface area (Å²) in [5, 5.41) is 20.4. The Morgan fingerprint density at radius 1 is 1.07 bits per heavy atom. The summed E-state index contributed by atoms with van der Waals surface area (Å²) >= 11 is 3.69. The molecule has 2 aliphatic rings. The number of rotatable bonds is 6. The monoisotopic (exact) mass is 623 g/mol. The summed E-state index contributed by atoms with van der Waals surface area (Å²) in [4.78, 5) is 38.7. The first-order valence-corrected chi connectivity index (χ1v) is 14.8. The molecule has 1 aliphatic carbocycles. The maximum Gasteiger partial charge on any atom is 0.490 e. The zero-order chi connectivity index (χ0) is 30.5. The number of aromatic nitrogens is 1. The Hall–Kier alpha value is -3.49. The number of hydroxylamine groups is 1. The molecule has 2 aromatic carbocycles. The normalized spacial score (nSPS) is 19.2. The molecule has 9 nitrogen and oxygen atoms in total. The number of hydrogen-bond donors (Lipinski definition) is 4. The smallest absolute Gasteiger partial charge is 0.489 e. The van der Waals surface area contributed by atoms with Crippen molar-refractivity contribution in [1.29, 1.82) is 0 Å². The summed E-state index contributed by atoms with van der Waals surface area (Å²) in [6, 6.07) is 16.7. The molecule has 2 fully saturated rings. The molecule has 0 bridgehead atoms. The van der Waals surface area contributed by atoms with Crippen molar-refractivity contribution < 1.29 is 42.6 Å². The van der Waals surface area contributed by atoms with Gasteiger partial charge in [-0.2, -0.15) is 13.2 Å². The first-order valence-electron chi connectivity index (χ1n) is 12.8. The number of thioether (sulfide) groups is 2. The van der Waals surface area contributed by atoms with Crippen molar-refractivity contribution in [3.8, 4) is 5.75 Å². The topological polar surface area (TPSA) is 138 Å². The summed E-state index contributed by atoms with van der Waals surface area (Å²) in [6.45, 7) is 2.36. The number of aryl methyl sites for hydroxylation is 1. The fraction of sp³-hybridized carbons (Fsp3) is 0.357. The number of nitrogens with one attached hydrogen (secondary N) is 2. The van der Waals surface area contributed by atoms with E-state index in [4.69, 9.17) is 14.6 Å². The van der Waals surface area contributed by atoms with Gasteiger partial charge in [0.1, 0.15) is 12.4 Å². The van der Waals surface area contributed by atoms with Crippen molar-refractivity contribution in [2.45, 2.75) is 42.7 Å². The Kier molecular flexibility index (Phi) is 9.89. The number of pyridine rings is 1. The summed E-state index contributed by atoms with van der Waals surface area (Å²) < 4.78 is 37.7. The van der Waals surface area contributed by atoms with Crippen LogP contribution in [-0.2, 0) is 16.2 Å². The number of alkyl halides is 3. The highest BCUT2D eigenvalue weighted by molar-refractivity contribution is 8.21. The average molecular weight is 624 g/mol. The van der Waals surface area contributed by atoms with Gasteiger partial charge in [0.2, 0.25) is 5.91 Å². The van der Waals surface area contributed by atoms with E-state index in [2.05, 4.69) is 10.3 Å². The molecule has 14 heteroatoms. The number of ether oxygens (including phenoxy) is 1. The van der Waals surface area contributed by atoms with Crippen LogP contribution < -0.4 is 15.5 Å². The molecule has 2 heterocycles. The van der Waals surface area contributed by atoms with Gasteiger partial charge in [-0.1, -0.05) is 18.2 Å². The van der Waals surface area contributed by atoms with Gasteiger partial charge < -0.3 is 15.2 Å². The molecule has 2 atom stereocenters. The molecule has 0 radical (unpaired) electrons. The number of carboxylic acid groups (broad SMARTS) is 1.